The Balaban J connectivity index is 1.10. The van der Waals surface area contributed by atoms with Crippen LogP contribution in [0.1, 0.15) is 6.42 Å². The van der Waals surface area contributed by atoms with Crippen LogP contribution in [0.5, 0.6) is 5.75 Å². The molecule has 7 nitrogen and oxygen atoms in total. The lowest BCUT2D eigenvalue weighted by molar-refractivity contribution is 0.223. The van der Waals surface area contributed by atoms with Crippen molar-refractivity contribution in [2.45, 2.75) is 6.42 Å². The van der Waals surface area contributed by atoms with Crippen molar-refractivity contribution in [3.8, 4) is 17.1 Å². The van der Waals surface area contributed by atoms with Gasteiger partial charge in [-0.15, -0.1) is 0 Å². The van der Waals surface area contributed by atoms with E-state index in [4.69, 9.17) is 25.7 Å². The Bertz CT molecular complexity index is 1650. The van der Waals surface area contributed by atoms with Crippen LogP contribution in [0.3, 0.4) is 0 Å². The van der Waals surface area contributed by atoms with Crippen LogP contribution in [0.25, 0.3) is 33.3 Å². The average Bonchev–Trinajstić information content (AvgIpc) is 2.96. The lowest BCUT2D eigenvalue weighted by Crippen LogP contribution is -2.47. The summed E-state index contributed by atoms with van der Waals surface area (Å²) in [6.07, 6.45) is 2.64. The van der Waals surface area contributed by atoms with E-state index >= 15 is 0 Å². The molecule has 0 aliphatic carbocycles. The average molecular weight is 527 g/mol. The van der Waals surface area contributed by atoms with E-state index in [0.29, 0.717) is 33.9 Å². The number of halogens is 1. The van der Waals surface area contributed by atoms with E-state index in [0.717, 1.165) is 56.0 Å². The van der Waals surface area contributed by atoms with E-state index in [-0.39, 0.29) is 11.2 Å². The van der Waals surface area contributed by atoms with E-state index in [2.05, 4.69) is 14.8 Å². The molecule has 0 spiro atoms. The SMILES string of the molecule is O=c1c(OCCCN2CCN(c3cnc4ccccc4n3)CC2)c(-c2ccccc2Cl)oc2ccccc12. The summed E-state index contributed by atoms with van der Waals surface area (Å²) in [5.41, 5.74) is 2.78. The van der Waals surface area contributed by atoms with Gasteiger partial charge >= 0.3 is 0 Å². The third-order valence-corrected chi connectivity index (χ3v) is 7.20. The summed E-state index contributed by atoms with van der Waals surface area (Å²) in [5, 5.41) is 0.996. The lowest BCUT2D eigenvalue weighted by atomic mass is 10.1. The highest BCUT2D eigenvalue weighted by Crippen LogP contribution is 2.35. The molecule has 6 rings (SSSR count). The van der Waals surface area contributed by atoms with Gasteiger partial charge in [0.15, 0.2) is 5.76 Å². The summed E-state index contributed by atoms with van der Waals surface area (Å²) >= 11 is 6.45. The summed E-state index contributed by atoms with van der Waals surface area (Å²) in [6.45, 7) is 4.90. The van der Waals surface area contributed by atoms with Gasteiger partial charge in [0.1, 0.15) is 11.4 Å². The molecule has 0 saturated carbocycles. The van der Waals surface area contributed by atoms with E-state index < -0.39 is 0 Å². The first-order chi connectivity index (χ1) is 18.7. The molecule has 2 aromatic heterocycles. The van der Waals surface area contributed by atoms with Gasteiger partial charge in [0, 0.05) is 38.3 Å². The molecule has 5 aromatic rings. The molecule has 0 atom stereocenters. The van der Waals surface area contributed by atoms with E-state index in [1.54, 1.807) is 18.2 Å². The number of piperazine rings is 1. The summed E-state index contributed by atoms with van der Waals surface area (Å²) in [7, 11) is 0. The molecule has 0 radical (unpaired) electrons. The molecule has 1 fully saturated rings. The van der Waals surface area contributed by atoms with E-state index in [9.17, 15) is 4.79 Å². The molecule has 3 aromatic carbocycles. The Morgan fingerprint density at radius 2 is 1.63 bits per heavy atom. The van der Waals surface area contributed by atoms with Crippen LogP contribution in [-0.2, 0) is 0 Å². The number of aromatic nitrogens is 2. The van der Waals surface area contributed by atoms with Gasteiger partial charge in [-0.3, -0.25) is 14.7 Å². The van der Waals surface area contributed by atoms with Crippen molar-refractivity contribution in [2.75, 3.05) is 44.2 Å². The molecule has 0 bridgehead atoms. The number of fused-ring (bicyclic) bond motifs is 2. The van der Waals surface area contributed by atoms with Gasteiger partial charge in [0.05, 0.1) is 34.2 Å². The maximum Gasteiger partial charge on any atom is 0.235 e. The first kappa shape index (κ1) is 24.4. The quantitative estimate of drug-likeness (QED) is 0.254. The molecule has 1 aliphatic heterocycles. The van der Waals surface area contributed by atoms with Crippen LogP contribution < -0.4 is 15.1 Å². The monoisotopic (exact) mass is 526 g/mol. The lowest BCUT2D eigenvalue weighted by Gasteiger charge is -2.35. The normalized spacial score (nSPS) is 14.3. The number of hydrogen-bond donors (Lipinski definition) is 0. The van der Waals surface area contributed by atoms with Crippen LogP contribution in [-0.4, -0.2) is 54.2 Å². The summed E-state index contributed by atoms with van der Waals surface area (Å²) < 4.78 is 12.2. The largest absolute Gasteiger partial charge is 0.486 e. The van der Waals surface area contributed by atoms with Gasteiger partial charge in [-0.2, -0.15) is 0 Å². The predicted molar refractivity (Wildman–Crippen MR) is 151 cm³/mol. The fourth-order valence-electron chi connectivity index (χ4n) is 4.84. The molecular weight excluding hydrogens is 500 g/mol. The summed E-state index contributed by atoms with van der Waals surface area (Å²) in [5.74, 6) is 1.49. The smallest absolute Gasteiger partial charge is 0.235 e. The highest BCUT2D eigenvalue weighted by Gasteiger charge is 2.21. The van der Waals surface area contributed by atoms with Crippen LogP contribution in [0.2, 0.25) is 5.02 Å². The van der Waals surface area contributed by atoms with Gasteiger partial charge < -0.3 is 14.1 Å². The zero-order valence-corrected chi connectivity index (χ0v) is 21.6. The number of rotatable bonds is 7. The van der Waals surface area contributed by atoms with Gasteiger partial charge in [0.2, 0.25) is 11.2 Å². The number of benzene rings is 3. The first-order valence-corrected chi connectivity index (χ1v) is 13.2. The van der Waals surface area contributed by atoms with Crippen molar-refractivity contribution in [1.29, 1.82) is 0 Å². The number of para-hydroxylation sites is 3. The maximum absolute atomic E-state index is 13.3. The Labute approximate surface area is 225 Å². The van der Waals surface area contributed by atoms with Gasteiger partial charge in [-0.05, 0) is 42.8 Å². The zero-order chi connectivity index (χ0) is 25.9. The van der Waals surface area contributed by atoms with Gasteiger partial charge in [-0.1, -0.05) is 48.0 Å². The van der Waals surface area contributed by atoms with Crippen molar-refractivity contribution in [2.24, 2.45) is 0 Å². The Morgan fingerprint density at radius 3 is 2.47 bits per heavy atom. The predicted octanol–water partition coefficient (Wildman–Crippen LogP) is 5.65. The summed E-state index contributed by atoms with van der Waals surface area (Å²) in [6, 6.07) is 22.5. The fourth-order valence-corrected chi connectivity index (χ4v) is 5.06. The maximum atomic E-state index is 13.3. The number of ether oxygens (including phenoxy) is 1. The second-order valence-electron chi connectivity index (χ2n) is 9.31. The highest BCUT2D eigenvalue weighted by molar-refractivity contribution is 6.33. The van der Waals surface area contributed by atoms with Crippen molar-refractivity contribution in [3.63, 3.8) is 0 Å². The molecule has 0 N–H and O–H groups in total. The molecule has 192 valence electrons. The summed E-state index contributed by atoms with van der Waals surface area (Å²) in [4.78, 5) is 27.3. The first-order valence-electron chi connectivity index (χ1n) is 12.8. The van der Waals surface area contributed by atoms with E-state index in [1.165, 1.54) is 0 Å². The highest BCUT2D eigenvalue weighted by atomic mass is 35.5. The number of hydrogen-bond acceptors (Lipinski definition) is 7. The molecule has 0 amide bonds. The van der Waals surface area contributed by atoms with Crippen LogP contribution in [0.15, 0.2) is 88.2 Å². The molecule has 8 heteroatoms. The molecule has 1 saturated heterocycles. The number of nitrogens with zero attached hydrogens (tertiary/aromatic N) is 4. The standard InChI is InChI=1S/C30H27ClN4O3/c31-23-10-3-1-8-21(23)29-30(28(36)22-9-2-6-13-26(22)38-29)37-19-7-14-34-15-17-35(18-16-34)27-20-32-24-11-4-5-12-25(24)33-27/h1-6,8-13,20H,7,14-19H2. The van der Waals surface area contributed by atoms with Crippen LogP contribution >= 0.6 is 11.6 Å². The minimum absolute atomic E-state index is 0.188. The molecule has 3 heterocycles. The minimum Gasteiger partial charge on any atom is -0.486 e. The Kier molecular flexibility index (Phi) is 6.94. The second-order valence-corrected chi connectivity index (χ2v) is 9.72. The minimum atomic E-state index is -0.188. The Hall–Kier alpha value is -3.94. The topological polar surface area (TPSA) is 71.7 Å². The second kappa shape index (κ2) is 10.8. The van der Waals surface area contributed by atoms with Gasteiger partial charge in [0.25, 0.3) is 0 Å². The third kappa shape index (κ3) is 4.95. The third-order valence-electron chi connectivity index (χ3n) is 6.87. The Morgan fingerprint density at radius 1 is 0.895 bits per heavy atom. The van der Waals surface area contributed by atoms with Crippen LogP contribution in [0, 0.1) is 0 Å². The van der Waals surface area contributed by atoms with Crippen molar-refractivity contribution >= 4 is 39.4 Å². The number of anilines is 1. The van der Waals surface area contributed by atoms with Crippen LogP contribution in [0.4, 0.5) is 5.82 Å². The molecule has 38 heavy (non-hydrogen) atoms. The molecule has 1 aliphatic rings. The zero-order valence-electron chi connectivity index (χ0n) is 20.8. The van der Waals surface area contributed by atoms with Crippen molar-refractivity contribution < 1.29 is 9.15 Å². The van der Waals surface area contributed by atoms with Gasteiger partial charge in [-0.25, -0.2) is 4.98 Å². The fraction of sp³-hybridized carbons (Fsp3) is 0.233. The van der Waals surface area contributed by atoms with Crippen molar-refractivity contribution in [1.82, 2.24) is 14.9 Å². The molecule has 0 unspecified atom stereocenters. The molecular formula is C30H27ClN4O3. The van der Waals surface area contributed by atoms with E-state index in [1.807, 2.05) is 60.8 Å². The van der Waals surface area contributed by atoms with Crippen molar-refractivity contribution in [3.05, 3.63) is 94.2 Å².